The topological polar surface area (TPSA) is 118 Å². The Morgan fingerprint density at radius 1 is 1.03 bits per heavy atom. The summed E-state index contributed by atoms with van der Waals surface area (Å²) in [5.41, 5.74) is -1.09. The lowest BCUT2D eigenvalue weighted by molar-refractivity contribution is -0.154. The summed E-state index contributed by atoms with van der Waals surface area (Å²) in [4.78, 5) is 25.0. The number of ether oxygens (including phenoxy) is 3. The molecule has 170 valence electrons. The van der Waals surface area contributed by atoms with E-state index >= 15 is 0 Å². The fourth-order valence-electron chi connectivity index (χ4n) is 2.97. The number of carbonyl (C=O) groups excluding carboxylic acids is 1. The van der Waals surface area contributed by atoms with Crippen molar-refractivity contribution in [3.63, 3.8) is 0 Å². The Labute approximate surface area is 177 Å². The maximum absolute atomic E-state index is 13.4. The first-order chi connectivity index (χ1) is 14.1. The molecule has 0 amide bonds. The van der Waals surface area contributed by atoms with Crippen LogP contribution in [-0.2, 0) is 34.4 Å². The molecule has 0 bridgehead atoms. The van der Waals surface area contributed by atoms with Gasteiger partial charge >= 0.3 is 19.5 Å². The van der Waals surface area contributed by atoms with Crippen LogP contribution in [0.2, 0.25) is 0 Å². The van der Waals surface area contributed by atoms with Crippen molar-refractivity contribution in [3.8, 4) is 11.5 Å². The molecular formula is C20H31O9P. The lowest BCUT2D eigenvalue weighted by Crippen LogP contribution is -2.39. The SMILES string of the molecule is CCOP(=O)(OCC)C(C(=O)OC(C)C)C(Cc1ccc(OC)c(OC)c1)C(=O)O. The lowest BCUT2D eigenvalue weighted by Gasteiger charge is -2.29. The number of carboxylic acid groups (broad SMARTS) is 1. The van der Waals surface area contributed by atoms with E-state index in [2.05, 4.69) is 0 Å². The van der Waals surface area contributed by atoms with E-state index in [9.17, 15) is 19.3 Å². The van der Waals surface area contributed by atoms with Crippen LogP contribution in [0.15, 0.2) is 18.2 Å². The number of methoxy groups -OCH3 is 2. The van der Waals surface area contributed by atoms with E-state index in [4.69, 9.17) is 23.3 Å². The van der Waals surface area contributed by atoms with Crippen LogP contribution >= 0.6 is 7.60 Å². The summed E-state index contributed by atoms with van der Waals surface area (Å²) in [5, 5.41) is 9.92. The molecule has 0 heterocycles. The van der Waals surface area contributed by atoms with Crippen molar-refractivity contribution in [2.24, 2.45) is 5.92 Å². The average molecular weight is 446 g/mol. The normalized spacial score (nSPS) is 13.6. The molecule has 1 aromatic carbocycles. The van der Waals surface area contributed by atoms with Gasteiger partial charge in [-0.25, -0.2) is 0 Å². The summed E-state index contributed by atoms with van der Waals surface area (Å²) in [5.74, 6) is -2.81. The summed E-state index contributed by atoms with van der Waals surface area (Å²) in [6.45, 7) is 6.36. The number of benzene rings is 1. The Hall–Kier alpha value is -2.09. The fourth-order valence-corrected chi connectivity index (χ4v) is 5.08. The van der Waals surface area contributed by atoms with Gasteiger partial charge in [-0.3, -0.25) is 14.2 Å². The number of esters is 1. The van der Waals surface area contributed by atoms with E-state index in [1.165, 1.54) is 14.2 Å². The van der Waals surface area contributed by atoms with Gasteiger partial charge in [-0.2, -0.15) is 0 Å². The molecule has 30 heavy (non-hydrogen) atoms. The third-order valence-corrected chi connectivity index (χ3v) is 6.64. The second-order valence-corrected chi connectivity index (χ2v) is 8.80. The molecule has 0 radical (unpaired) electrons. The zero-order valence-electron chi connectivity index (χ0n) is 18.2. The Kier molecular flexibility index (Phi) is 10.3. The monoisotopic (exact) mass is 446 g/mol. The highest BCUT2D eigenvalue weighted by molar-refractivity contribution is 7.55. The van der Waals surface area contributed by atoms with Gasteiger partial charge in [0.15, 0.2) is 17.2 Å². The summed E-state index contributed by atoms with van der Waals surface area (Å²) in [6.07, 6.45) is -0.662. The molecule has 2 atom stereocenters. The Morgan fingerprint density at radius 3 is 2.03 bits per heavy atom. The van der Waals surface area contributed by atoms with E-state index in [1.54, 1.807) is 45.9 Å². The highest BCUT2D eigenvalue weighted by Gasteiger charge is 2.50. The van der Waals surface area contributed by atoms with Crippen LogP contribution in [0.4, 0.5) is 0 Å². The zero-order chi connectivity index (χ0) is 22.9. The van der Waals surface area contributed by atoms with Gasteiger partial charge in [0.25, 0.3) is 0 Å². The van der Waals surface area contributed by atoms with Crippen LogP contribution in [0.5, 0.6) is 11.5 Å². The van der Waals surface area contributed by atoms with E-state index in [-0.39, 0.29) is 19.6 Å². The van der Waals surface area contributed by atoms with Gasteiger partial charge in [-0.15, -0.1) is 0 Å². The minimum absolute atomic E-state index is 0.0224. The van der Waals surface area contributed by atoms with E-state index in [0.29, 0.717) is 17.1 Å². The fraction of sp³-hybridized carbons (Fsp3) is 0.600. The number of carbonyl (C=O) groups is 2. The molecule has 9 nitrogen and oxygen atoms in total. The van der Waals surface area contributed by atoms with Crippen LogP contribution in [-0.4, -0.2) is 56.2 Å². The second kappa shape index (κ2) is 11.9. The highest BCUT2D eigenvalue weighted by Crippen LogP contribution is 2.56. The van der Waals surface area contributed by atoms with Gasteiger partial charge in [-0.1, -0.05) is 6.07 Å². The Bertz CT molecular complexity index is 753. The largest absolute Gasteiger partial charge is 0.493 e. The number of rotatable bonds is 13. The molecule has 0 aromatic heterocycles. The molecule has 10 heteroatoms. The number of hydrogen-bond acceptors (Lipinski definition) is 8. The molecule has 0 aliphatic carbocycles. The van der Waals surface area contributed by atoms with Gasteiger partial charge in [0.05, 0.1) is 39.5 Å². The molecular weight excluding hydrogens is 415 g/mol. The van der Waals surface area contributed by atoms with E-state index in [0.717, 1.165) is 0 Å². The van der Waals surface area contributed by atoms with Crippen LogP contribution in [0.1, 0.15) is 33.3 Å². The lowest BCUT2D eigenvalue weighted by atomic mass is 9.95. The molecule has 0 saturated carbocycles. The van der Waals surface area contributed by atoms with Crippen molar-refractivity contribution in [2.75, 3.05) is 27.4 Å². The van der Waals surface area contributed by atoms with E-state index in [1.807, 2.05) is 0 Å². The zero-order valence-corrected chi connectivity index (χ0v) is 19.1. The Morgan fingerprint density at radius 2 is 1.60 bits per heavy atom. The molecule has 0 aliphatic heterocycles. The molecule has 0 fully saturated rings. The van der Waals surface area contributed by atoms with Crippen molar-refractivity contribution in [3.05, 3.63) is 23.8 Å². The van der Waals surface area contributed by atoms with Gasteiger partial charge < -0.3 is 28.4 Å². The van der Waals surface area contributed by atoms with Gasteiger partial charge in [-0.05, 0) is 51.8 Å². The van der Waals surface area contributed by atoms with Crippen molar-refractivity contribution in [2.45, 2.75) is 45.9 Å². The summed E-state index contributed by atoms with van der Waals surface area (Å²) in [7, 11) is -1.20. The molecule has 2 unspecified atom stereocenters. The standard InChI is InChI=1S/C20H31O9P/c1-7-27-30(24,28-8-2)18(20(23)29-13(3)4)15(19(21)22)11-14-9-10-16(25-5)17(12-14)26-6/h9-10,12-13,15,18H,7-8,11H2,1-6H3,(H,21,22). The first-order valence-electron chi connectivity index (χ1n) is 9.66. The molecule has 0 aliphatic rings. The van der Waals surface area contributed by atoms with Crippen molar-refractivity contribution >= 4 is 19.5 Å². The minimum atomic E-state index is -4.13. The smallest absolute Gasteiger partial charge is 0.345 e. The number of carboxylic acids is 1. The molecule has 1 N–H and O–H groups in total. The predicted molar refractivity (Wildman–Crippen MR) is 110 cm³/mol. The minimum Gasteiger partial charge on any atom is -0.493 e. The average Bonchev–Trinajstić information content (AvgIpc) is 2.66. The highest BCUT2D eigenvalue weighted by atomic mass is 31.2. The molecule has 0 spiro atoms. The van der Waals surface area contributed by atoms with Crippen LogP contribution < -0.4 is 9.47 Å². The number of aliphatic carboxylic acids is 1. The van der Waals surface area contributed by atoms with Crippen molar-refractivity contribution < 1.29 is 42.5 Å². The predicted octanol–water partition coefficient (Wildman–Crippen LogP) is 3.53. The molecule has 0 saturated heterocycles. The quantitative estimate of drug-likeness (QED) is 0.359. The second-order valence-electron chi connectivity index (χ2n) is 6.64. The van der Waals surface area contributed by atoms with Gasteiger partial charge in [0.1, 0.15) is 0 Å². The molecule has 1 aromatic rings. The Balaban J connectivity index is 3.45. The summed E-state index contributed by atoms with van der Waals surface area (Å²) in [6, 6.07) is 4.87. The maximum Gasteiger partial charge on any atom is 0.345 e. The van der Waals surface area contributed by atoms with Crippen LogP contribution in [0.25, 0.3) is 0 Å². The van der Waals surface area contributed by atoms with Gasteiger partial charge in [0.2, 0.25) is 0 Å². The van der Waals surface area contributed by atoms with Gasteiger partial charge in [0, 0.05) is 0 Å². The maximum atomic E-state index is 13.4. The van der Waals surface area contributed by atoms with Crippen molar-refractivity contribution in [1.82, 2.24) is 0 Å². The molecule has 1 rings (SSSR count). The first-order valence-corrected chi connectivity index (χ1v) is 11.3. The van der Waals surface area contributed by atoms with Crippen LogP contribution in [0, 0.1) is 5.92 Å². The summed E-state index contributed by atoms with van der Waals surface area (Å²) >= 11 is 0. The van der Waals surface area contributed by atoms with Crippen LogP contribution in [0.3, 0.4) is 0 Å². The first kappa shape index (κ1) is 25.9. The third-order valence-electron chi connectivity index (χ3n) is 4.15. The van der Waals surface area contributed by atoms with Crippen molar-refractivity contribution in [1.29, 1.82) is 0 Å². The number of hydrogen-bond donors (Lipinski definition) is 1. The van der Waals surface area contributed by atoms with E-state index < -0.39 is 37.2 Å². The summed E-state index contributed by atoms with van der Waals surface area (Å²) < 4.78 is 39.7. The third kappa shape index (κ3) is 6.72.